The molecule has 2 aromatic carbocycles. The van der Waals surface area contributed by atoms with Crippen molar-refractivity contribution in [2.45, 2.75) is 13.8 Å². The summed E-state index contributed by atoms with van der Waals surface area (Å²) in [5.41, 5.74) is 5.65. The minimum atomic E-state index is -0.0107. The van der Waals surface area contributed by atoms with Crippen LogP contribution in [0.3, 0.4) is 0 Å². The molecular formula is C21H24N3O2+. The molecule has 2 aliphatic heterocycles. The summed E-state index contributed by atoms with van der Waals surface area (Å²) in [7, 11) is 0. The highest BCUT2D eigenvalue weighted by molar-refractivity contribution is 6.54. The molecule has 2 aromatic rings. The average molecular weight is 350 g/mol. The number of carbonyl (C=O) groups excluding carboxylic acids is 1. The molecule has 4 rings (SSSR count). The summed E-state index contributed by atoms with van der Waals surface area (Å²) in [5.74, 6) is -0.0107. The molecule has 0 radical (unpaired) electrons. The highest BCUT2D eigenvalue weighted by atomic mass is 16.5. The van der Waals surface area contributed by atoms with Crippen LogP contribution in [0.25, 0.3) is 0 Å². The molecule has 0 unspecified atom stereocenters. The van der Waals surface area contributed by atoms with Crippen LogP contribution in [-0.4, -0.2) is 44.6 Å². The van der Waals surface area contributed by atoms with Gasteiger partial charge in [0.05, 0.1) is 24.6 Å². The number of rotatable bonds is 3. The Morgan fingerprint density at radius 2 is 1.85 bits per heavy atom. The summed E-state index contributed by atoms with van der Waals surface area (Å²) < 4.78 is 5.43. The van der Waals surface area contributed by atoms with Crippen LogP contribution in [0.4, 0.5) is 11.4 Å². The van der Waals surface area contributed by atoms with Gasteiger partial charge in [0.15, 0.2) is 6.67 Å². The number of nitrogens with zero attached hydrogens (tertiary/aromatic N) is 2. The largest absolute Gasteiger partial charge is 0.370 e. The Balaban J connectivity index is 1.68. The average Bonchev–Trinajstić information content (AvgIpc) is 2.92. The van der Waals surface area contributed by atoms with Gasteiger partial charge in [-0.3, -0.25) is 9.69 Å². The Kier molecular flexibility index (Phi) is 4.57. The van der Waals surface area contributed by atoms with Crippen molar-refractivity contribution in [2.24, 2.45) is 4.99 Å². The second-order valence-electron chi connectivity index (χ2n) is 7.00. The van der Waals surface area contributed by atoms with Crippen LogP contribution >= 0.6 is 0 Å². The lowest BCUT2D eigenvalue weighted by molar-refractivity contribution is -0.906. The number of morpholine rings is 1. The number of nitrogens with one attached hydrogen (secondary N) is 1. The van der Waals surface area contributed by atoms with Crippen molar-refractivity contribution < 1.29 is 14.4 Å². The Hall–Kier alpha value is -2.50. The molecule has 5 nitrogen and oxygen atoms in total. The normalized spacial score (nSPS) is 19.2. The van der Waals surface area contributed by atoms with E-state index in [1.165, 1.54) is 16.0 Å². The molecule has 26 heavy (non-hydrogen) atoms. The Bertz CT molecular complexity index is 869. The lowest BCUT2D eigenvalue weighted by Crippen LogP contribution is -3.15. The topological polar surface area (TPSA) is 46.3 Å². The van der Waals surface area contributed by atoms with Crippen LogP contribution in [-0.2, 0) is 9.53 Å². The third kappa shape index (κ3) is 3.16. The maximum atomic E-state index is 13.1. The number of carbonyl (C=O) groups is 1. The van der Waals surface area contributed by atoms with Crippen molar-refractivity contribution in [3.63, 3.8) is 0 Å². The van der Waals surface area contributed by atoms with Crippen molar-refractivity contribution in [3.8, 4) is 0 Å². The summed E-state index contributed by atoms with van der Waals surface area (Å²) in [4.78, 5) is 21.1. The summed E-state index contributed by atoms with van der Waals surface area (Å²) >= 11 is 0. The molecule has 1 fully saturated rings. The summed E-state index contributed by atoms with van der Waals surface area (Å²) in [5, 5.41) is 0. The fraction of sp³-hybridized carbons (Fsp3) is 0.333. The van der Waals surface area contributed by atoms with Gasteiger partial charge in [-0.2, -0.15) is 0 Å². The molecule has 0 aromatic heterocycles. The Morgan fingerprint density at radius 1 is 1.08 bits per heavy atom. The predicted molar refractivity (Wildman–Crippen MR) is 102 cm³/mol. The maximum Gasteiger partial charge on any atom is 0.281 e. The number of quaternary nitrogens is 1. The predicted octanol–water partition coefficient (Wildman–Crippen LogP) is 1.64. The van der Waals surface area contributed by atoms with E-state index in [2.05, 4.69) is 19.9 Å². The van der Waals surface area contributed by atoms with Gasteiger partial charge in [-0.1, -0.05) is 24.3 Å². The number of benzene rings is 2. The first-order valence-corrected chi connectivity index (χ1v) is 9.12. The van der Waals surface area contributed by atoms with Crippen LogP contribution in [0.1, 0.15) is 16.7 Å². The second-order valence-corrected chi connectivity index (χ2v) is 7.00. The first-order valence-electron chi connectivity index (χ1n) is 9.12. The highest BCUT2D eigenvalue weighted by Gasteiger charge is 2.36. The third-order valence-corrected chi connectivity index (χ3v) is 5.21. The zero-order valence-electron chi connectivity index (χ0n) is 15.3. The minimum absolute atomic E-state index is 0.0107. The standard InChI is InChI=1S/C21H23N3O2/c1-15-7-8-17(13-16(15)2)22-20-18-5-3-4-6-19(18)24(21(20)25)14-23-9-11-26-12-10-23/h3-8,13H,9-12,14H2,1-2H3/p+1. The molecule has 1 saturated heterocycles. The maximum absolute atomic E-state index is 13.1. The van der Waals surface area contributed by atoms with Gasteiger partial charge in [0.1, 0.15) is 18.8 Å². The number of aliphatic imine (C=N–C) groups is 1. The number of para-hydroxylation sites is 1. The third-order valence-electron chi connectivity index (χ3n) is 5.21. The van der Waals surface area contributed by atoms with Crippen molar-refractivity contribution >= 4 is 23.0 Å². The van der Waals surface area contributed by atoms with E-state index in [0.717, 1.165) is 43.2 Å². The zero-order valence-corrected chi connectivity index (χ0v) is 15.3. The lowest BCUT2D eigenvalue weighted by Gasteiger charge is -2.27. The van der Waals surface area contributed by atoms with Crippen molar-refractivity contribution in [1.29, 1.82) is 0 Å². The Morgan fingerprint density at radius 3 is 2.62 bits per heavy atom. The lowest BCUT2D eigenvalue weighted by atomic mass is 10.1. The first kappa shape index (κ1) is 16.9. The summed E-state index contributed by atoms with van der Waals surface area (Å²) in [6, 6.07) is 14.0. The molecule has 0 bridgehead atoms. The molecule has 0 spiro atoms. The van der Waals surface area contributed by atoms with Gasteiger partial charge in [-0.25, -0.2) is 4.99 Å². The number of fused-ring (bicyclic) bond motifs is 1. The first-order chi connectivity index (χ1) is 12.6. The Labute approximate surface area is 153 Å². The summed E-state index contributed by atoms with van der Waals surface area (Å²) in [6.45, 7) is 8.16. The van der Waals surface area contributed by atoms with E-state index in [0.29, 0.717) is 12.4 Å². The van der Waals surface area contributed by atoms with E-state index >= 15 is 0 Å². The van der Waals surface area contributed by atoms with Gasteiger partial charge in [-0.05, 0) is 43.2 Å². The number of hydrogen-bond acceptors (Lipinski definition) is 3. The van der Waals surface area contributed by atoms with Gasteiger partial charge in [0, 0.05) is 5.56 Å². The molecule has 2 heterocycles. The van der Waals surface area contributed by atoms with Crippen LogP contribution in [0.15, 0.2) is 47.5 Å². The number of anilines is 1. The molecule has 1 N–H and O–H groups in total. The summed E-state index contributed by atoms with van der Waals surface area (Å²) in [6.07, 6.45) is 0. The van der Waals surface area contributed by atoms with Crippen LogP contribution in [0.2, 0.25) is 0 Å². The van der Waals surface area contributed by atoms with E-state index in [4.69, 9.17) is 9.73 Å². The van der Waals surface area contributed by atoms with Gasteiger partial charge in [-0.15, -0.1) is 0 Å². The number of hydrogen-bond donors (Lipinski definition) is 1. The second kappa shape index (κ2) is 7.02. The number of amides is 1. The van der Waals surface area contributed by atoms with Gasteiger partial charge in [0.25, 0.3) is 5.91 Å². The molecule has 2 aliphatic rings. The molecule has 0 atom stereocenters. The van der Waals surface area contributed by atoms with Gasteiger partial charge >= 0.3 is 0 Å². The van der Waals surface area contributed by atoms with Gasteiger partial charge < -0.3 is 9.64 Å². The highest BCUT2D eigenvalue weighted by Crippen LogP contribution is 2.30. The van der Waals surface area contributed by atoms with Crippen molar-refractivity contribution in [2.75, 3.05) is 37.9 Å². The number of ether oxygens (including phenoxy) is 1. The van der Waals surface area contributed by atoms with Crippen molar-refractivity contribution in [3.05, 3.63) is 59.2 Å². The quantitative estimate of drug-likeness (QED) is 0.915. The van der Waals surface area contributed by atoms with E-state index in [9.17, 15) is 4.79 Å². The smallest absolute Gasteiger partial charge is 0.281 e. The monoisotopic (exact) mass is 350 g/mol. The SMILES string of the molecule is Cc1ccc(N=C2C(=O)N(C[NH+]3CCOCC3)c3ccccc32)cc1C. The van der Waals surface area contributed by atoms with E-state index in [1.54, 1.807) is 0 Å². The molecule has 0 aliphatic carbocycles. The minimum Gasteiger partial charge on any atom is -0.370 e. The van der Waals surface area contributed by atoms with Crippen molar-refractivity contribution in [1.82, 2.24) is 0 Å². The van der Waals surface area contributed by atoms with Gasteiger partial charge in [0.2, 0.25) is 0 Å². The molecular weight excluding hydrogens is 326 g/mol. The van der Waals surface area contributed by atoms with E-state index in [-0.39, 0.29) is 5.91 Å². The van der Waals surface area contributed by atoms with Crippen LogP contribution in [0, 0.1) is 13.8 Å². The van der Waals surface area contributed by atoms with Crippen LogP contribution < -0.4 is 9.80 Å². The molecule has 134 valence electrons. The number of aryl methyl sites for hydroxylation is 2. The fourth-order valence-corrected chi connectivity index (χ4v) is 3.49. The molecule has 0 saturated carbocycles. The van der Waals surface area contributed by atoms with E-state index < -0.39 is 0 Å². The van der Waals surface area contributed by atoms with Crippen LogP contribution in [0.5, 0.6) is 0 Å². The molecule has 5 heteroatoms. The zero-order chi connectivity index (χ0) is 18.1. The fourth-order valence-electron chi connectivity index (χ4n) is 3.49. The molecule has 1 amide bonds. The van der Waals surface area contributed by atoms with E-state index in [1.807, 2.05) is 41.3 Å².